The summed E-state index contributed by atoms with van der Waals surface area (Å²) >= 11 is 5.09. The summed E-state index contributed by atoms with van der Waals surface area (Å²) < 4.78 is 14.2. The van der Waals surface area contributed by atoms with Crippen LogP contribution in [0.5, 0.6) is 0 Å². The molecule has 1 aromatic carbocycles. The standard InChI is InChI=1S/C15H20FN5O2S/c1-3-10(15(19)23)20-12-6-11(21-13(24)4-7(2)17)8(14(18)22)5-9(12)16/h5-6,10,17,20H,3-4H2,1-2H3,(H2,18,22)(H2,19,23)(H,21,24). The van der Waals surface area contributed by atoms with Gasteiger partial charge in [0.25, 0.3) is 5.91 Å². The number of halogens is 1. The molecule has 1 rings (SSSR count). The lowest BCUT2D eigenvalue weighted by Crippen LogP contribution is -2.35. The molecule has 0 spiro atoms. The van der Waals surface area contributed by atoms with Gasteiger partial charge in [0.05, 0.1) is 21.9 Å². The van der Waals surface area contributed by atoms with E-state index >= 15 is 0 Å². The SMILES string of the molecule is CCC(Nc1cc(NC(=S)CC(C)=N)c(C(N)=O)cc1F)C(N)=O. The van der Waals surface area contributed by atoms with Gasteiger partial charge in [-0.3, -0.25) is 9.59 Å². The van der Waals surface area contributed by atoms with Crippen molar-refractivity contribution in [3.05, 3.63) is 23.5 Å². The van der Waals surface area contributed by atoms with Gasteiger partial charge in [-0.2, -0.15) is 0 Å². The average Bonchev–Trinajstić information content (AvgIpc) is 2.45. The van der Waals surface area contributed by atoms with Gasteiger partial charge >= 0.3 is 0 Å². The molecule has 24 heavy (non-hydrogen) atoms. The summed E-state index contributed by atoms with van der Waals surface area (Å²) in [6.07, 6.45) is 0.549. The van der Waals surface area contributed by atoms with E-state index in [1.54, 1.807) is 13.8 Å². The van der Waals surface area contributed by atoms with Crippen LogP contribution in [0.3, 0.4) is 0 Å². The van der Waals surface area contributed by atoms with E-state index in [1.165, 1.54) is 6.07 Å². The number of thiocarbonyl (C=S) groups is 1. The zero-order valence-corrected chi connectivity index (χ0v) is 14.2. The van der Waals surface area contributed by atoms with E-state index in [1.807, 2.05) is 0 Å². The monoisotopic (exact) mass is 353 g/mol. The minimum Gasteiger partial charge on any atom is -0.371 e. The third-order valence-corrected chi connectivity index (χ3v) is 3.40. The zero-order chi connectivity index (χ0) is 18.4. The minimum atomic E-state index is -0.834. The molecule has 0 radical (unpaired) electrons. The molecular weight excluding hydrogens is 333 g/mol. The molecule has 0 saturated heterocycles. The van der Waals surface area contributed by atoms with Crippen LogP contribution in [0.15, 0.2) is 12.1 Å². The highest BCUT2D eigenvalue weighted by atomic mass is 32.1. The van der Waals surface area contributed by atoms with Crippen molar-refractivity contribution < 1.29 is 14.0 Å². The number of hydrogen-bond acceptors (Lipinski definition) is 5. The van der Waals surface area contributed by atoms with E-state index < -0.39 is 23.7 Å². The van der Waals surface area contributed by atoms with Crippen LogP contribution in [0, 0.1) is 11.2 Å². The number of nitrogens with two attached hydrogens (primary N) is 2. The van der Waals surface area contributed by atoms with E-state index in [4.69, 9.17) is 29.1 Å². The van der Waals surface area contributed by atoms with Crippen LogP contribution in [0.2, 0.25) is 0 Å². The molecule has 1 aromatic rings. The van der Waals surface area contributed by atoms with Crippen molar-refractivity contribution in [1.29, 1.82) is 5.41 Å². The molecule has 1 atom stereocenters. The third-order valence-electron chi connectivity index (χ3n) is 3.15. The van der Waals surface area contributed by atoms with Crippen molar-refractivity contribution in [2.75, 3.05) is 10.6 Å². The van der Waals surface area contributed by atoms with E-state index in [-0.39, 0.29) is 28.3 Å². The van der Waals surface area contributed by atoms with Gasteiger partial charge in [-0.25, -0.2) is 4.39 Å². The maximum Gasteiger partial charge on any atom is 0.250 e. The molecule has 0 heterocycles. The molecule has 0 aliphatic carbocycles. The summed E-state index contributed by atoms with van der Waals surface area (Å²) in [5.41, 5.74) is 10.9. The molecule has 1 unspecified atom stereocenters. The van der Waals surface area contributed by atoms with Gasteiger partial charge in [0, 0.05) is 12.1 Å². The van der Waals surface area contributed by atoms with Crippen molar-refractivity contribution in [1.82, 2.24) is 0 Å². The van der Waals surface area contributed by atoms with Gasteiger partial charge in [0.2, 0.25) is 5.91 Å². The summed E-state index contributed by atoms with van der Waals surface area (Å²) in [6, 6.07) is 1.50. The third kappa shape index (κ3) is 5.27. The van der Waals surface area contributed by atoms with E-state index in [2.05, 4.69) is 10.6 Å². The number of amides is 2. The van der Waals surface area contributed by atoms with Crippen LogP contribution in [-0.4, -0.2) is 28.6 Å². The molecular formula is C15H20FN5O2S. The van der Waals surface area contributed by atoms with Gasteiger partial charge in [0.1, 0.15) is 11.9 Å². The molecule has 2 amide bonds. The number of rotatable bonds is 8. The van der Waals surface area contributed by atoms with Crippen molar-refractivity contribution >= 4 is 46.1 Å². The Kier molecular flexibility index (Phi) is 6.78. The highest BCUT2D eigenvalue weighted by Crippen LogP contribution is 2.26. The van der Waals surface area contributed by atoms with Crippen LogP contribution in [-0.2, 0) is 4.79 Å². The molecule has 0 aliphatic heterocycles. The quantitative estimate of drug-likeness (QED) is 0.359. The zero-order valence-electron chi connectivity index (χ0n) is 13.4. The number of carbonyl (C=O) groups is 2. The van der Waals surface area contributed by atoms with E-state index in [0.29, 0.717) is 12.1 Å². The number of carbonyl (C=O) groups excluding carboxylic acids is 2. The summed E-state index contributed by atoms with van der Waals surface area (Å²) in [5.74, 6) is -2.21. The van der Waals surface area contributed by atoms with Crippen LogP contribution in [0.4, 0.5) is 15.8 Å². The van der Waals surface area contributed by atoms with Gasteiger partial charge in [-0.1, -0.05) is 19.1 Å². The largest absolute Gasteiger partial charge is 0.371 e. The number of benzene rings is 1. The fourth-order valence-electron chi connectivity index (χ4n) is 1.99. The summed E-state index contributed by atoms with van der Waals surface area (Å²) in [4.78, 5) is 23.1. The maximum absolute atomic E-state index is 14.2. The Morgan fingerprint density at radius 2 is 1.96 bits per heavy atom. The first-order valence-electron chi connectivity index (χ1n) is 7.18. The maximum atomic E-state index is 14.2. The molecule has 0 aromatic heterocycles. The number of nitrogens with one attached hydrogen (secondary N) is 3. The van der Waals surface area contributed by atoms with E-state index in [0.717, 1.165) is 6.07 Å². The lowest BCUT2D eigenvalue weighted by Gasteiger charge is -2.18. The van der Waals surface area contributed by atoms with Crippen molar-refractivity contribution in [3.8, 4) is 0 Å². The summed E-state index contributed by atoms with van der Waals surface area (Å²) in [7, 11) is 0. The topological polar surface area (TPSA) is 134 Å². The molecule has 0 bridgehead atoms. The van der Waals surface area contributed by atoms with Crippen LogP contribution >= 0.6 is 12.2 Å². The summed E-state index contributed by atoms with van der Waals surface area (Å²) in [5, 5.41) is 12.9. The average molecular weight is 353 g/mol. The first-order valence-corrected chi connectivity index (χ1v) is 7.59. The van der Waals surface area contributed by atoms with Crippen LogP contribution in [0.1, 0.15) is 37.0 Å². The van der Waals surface area contributed by atoms with Crippen LogP contribution in [0.25, 0.3) is 0 Å². The molecule has 0 saturated carbocycles. The smallest absolute Gasteiger partial charge is 0.250 e. The normalized spacial score (nSPS) is 11.5. The Morgan fingerprint density at radius 3 is 2.42 bits per heavy atom. The molecule has 130 valence electrons. The van der Waals surface area contributed by atoms with Gasteiger partial charge < -0.3 is 27.5 Å². The Morgan fingerprint density at radius 1 is 1.33 bits per heavy atom. The lowest BCUT2D eigenvalue weighted by molar-refractivity contribution is -0.118. The van der Waals surface area contributed by atoms with Crippen molar-refractivity contribution in [2.24, 2.45) is 11.5 Å². The first-order chi connectivity index (χ1) is 11.1. The Balaban J connectivity index is 3.21. The van der Waals surface area contributed by atoms with Gasteiger partial charge in [0.15, 0.2) is 0 Å². The van der Waals surface area contributed by atoms with E-state index in [9.17, 15) is 14.0 Å². The number of hydrogen-bond donors (Lipinski definition) is 5. The fraction of sp³-hybridized carbons (Fsp3) is 0.333. The fourth-order valence-corrected chi connectivity index (χ4v) is 2.31. The second-order valence-electron chi connectivity index (χ2n) is 5.25. The minimum absolute atomic E-state index is 0.0116. The first kappa shape index (κ1) is 19.5. The van der Waals surface area contributed by atoms with Crippen LogP contribution < -0.4 is 22.1 Å². The molecule has 0 fully saturated rings. The predicted octanol–water partition coefficient (Wildman–Crippen LogP) is 1.77. The summed E-state index contributed by atoms with van der Waals surface area (Å²) in [6.45, 7) is 3.30. The van der Waals surface area contributed by atoms with Gasteiger partial charge in [-0.15, -0.1) is 0 Å². The Hall–Kier alpha value is -2.55. The molecule has 0 aliphatic rings. The van der Waals surface area contributed by atoms with Gasteiger partial charge in [-0.05, 0) is 25.5 Å². The second-order valence-corrected chi connectivity index (χ2v) is 5.75. The predicted molar refractivity (Wildman–Crippen MR) is 96.1 cm³/mol. The molecule has 9 heteroatoms. The Labute approximate surface area is 144 Å². The lowest BCUT2D eigenvalue weighted by atomic mass is 10.1. The highest BCUT2D eigenvalue weighted by Gasteiger charge is 2.19. The number of primary amides is 2. The Bertz CT molecular complexity index is 693. The highest BCUT2D eigenvalue weighted by molar-refractivity contribution is 7.80. The molecule has 7 N–H and O–H groups in total. The van der Waals surface area contributed by atoms with Crippen molar-refractivity contribution in [2.45, 2.75) is 32.7 Å². The van der Waals surface area contributed by atoms with Crippen molar-refractivity contribution in [3.63, 3.8) is 0 Å². The number of anilines is 2. The molecule has 7 nitrogen and oxygen atoms in total. The second kappa shape index (κ2) is 8.34.